The summed E-state index contributed by atoms with van der Waals surface area (Å²) in [6.07, 6.45) is -0.832. The second-order valence-corrected chi connectivity index (χ2v) is 8.93. The van der Waals surface area contributed by atoms with Gasteiger partial charge in [0.2, 0.25) is 17.7 Å². The summed E-state index contributed by atoms with van der Waals surface area (Å²) in [4.78, 5) is 71.5. The molecule has 13 nitrogen and oxygen atoms in total. The van der Waals surface area contributed by atoms with Crippen molar-refractivity contribution >= 4 is 35.6 Å². The average molecular weight is 503 g/mol. The summed E-state index contributed by atoms with van der Waals surface area (Å²) in [7, 11) is 0. The molecule has 0 rings (SSSR count). The minimum Gasteiger partial charge on any atom is -0.481 e. The van der Waals surface area contributed by atoms with Crippen LogP contribution in [0.3, 0.4) is 0 Å². The van der Waals surface area contributed by atoms with E-state index >= 15 is 0 Å². The number of carboxylic acids is 3. The van der Waals surface area contributed by atoms with Crippen molar-refractivity contribution in [1.29, 1.82) is 0 Å². The molecule has 0 aromatic heterocycles. The maximum Gasteiger partial charge on any atom is 0.326 e. The molecule has 0 heterocycles. The van der Waals surface area contributed by atoms with Crippen LogP contribution in [0.5, 0.6) is 0 Å². The van der Waals surface area contributed by atoms with E-state index in [-0.39, 0.29) is 31.1 Å². The second kappa shape index (κ2) is 15.6. The Hall–Kier alpha value is -3.22. The lowest BCUT2D eigenvalue weighted by Gasteiger charge is -2.26. The Morgan fingerprint density at radius 3 is 1.57 bits per heavy atom. The van der Waals surface area contributed by atoms with Crippen molar-refractivity contribution in [3.63, 3.8) is 0 Å². The third kappa shape index (κ3) is 12.7. The largest absolute Gasteiger partial charge is 0.481 e. The third-order valence-electron chi connectivity index (χ3n) is 5.44. The number of nitrogens with two attached hydrogens (primary N) is 1. The van der Waals surface area contributed by atoms with Crippen LogP contribution >= 0.6 is 0 Å². The maximum absolute atomic E-state index is 13.0. The predicted octanol–water partition coefficient (Wildman–Crippen LogP) is -0.325. The fraction of sp³-hybridized carbons (Fsp3) is 0.727. The van der Waals surface area contributed by atoms with E-state index in [4.69, 9.17) is 15.9 Å². The van der Waals surface area contributed by atoms with Crippen molar-refractivity contribution in [2.24, 2.45) is 17.6 Å². The van der Waals surface area contributed by atoms with Crippen molar-refractivity contribution < 1.29 is 44.1 Å². The van der Waals surface area contributed by atoms with Gasteiger partial charge in [0.15, 0.2) is 0 Å². The number of amides is 3. The number of carbonyl (C=O) groups excluding carboxylic acids is 3. The summed E-state index contributed by atoms with van der Waals surface area (Å²) in [6, 6.07) is -4.92. The van der Waals surface area contributed by atoms with Crippen LogP contribution in [-0.2, 0) is 28.8 Å². The first-order valence-electron chi connectivity index (χ1n) is 11.5. The smallest absolute Gasteiger partial charge is 0.326 e. The zero-order valence-corrected chi connectivity index (χ0v) is 20.6. The fourth-order valence-electron chi connectivity index (χ4n) is 3.09. The van der Waals surface area contributed by atoms with Crippen molar-refractivity contribution in [2.45, 2.75) is 90.4 Å². The number of carboxylic acid groups (broad SMARTS) is 3. The molecular weight excluding hydrogens is 464 g/mol. The van der Waals surface area contributed by atoms with Crippen LogP contribution in [0.2, 0.25) is 0 Å². The van der Waals surface area contributed by atoms with Crippen molar-refractivity contribution in [3.8, 4) is 0 Å². The van der Waals surface area contributed by atoms with Crippen LogP contribution in [0, 0.1) is 11.8 Å². The standard InChI is InChI=1S/C22H38N4O9/c1-5-12(4)18(23)21(33)24-13(6-8-16(27)28)19(31)26-15(10-11(2)3)20(32)25-14(22(34)35)7-9-17(29)30/h11-15,18H,5-10,23H2,1-4H3,(H,24,33)(H,25,32)(H,26,31)(H,27,28)(H,29,30)(H,34,35). The molecule has 0 aliphatic rings. The Bertz CT molecular complexity index is 772. The maximum atomic E-state index is 13.0. The highest BCUT2D eigenvalue weighted by molar-refractivity contribution is 5.94. The van der Waals surface area contributed by atoms with Gasteiger partial charge in [-0.3, -0.25) is 24.0 Å². The Morgan fingerprint density at radius 1 is 0.714 bits per heavy atom. The van der Waals surface area contributed by atoms with Crippen molar-refractivity contribution in [1.82, 2.24) is 16.0 Å². The van der Waals surface area contributed by atoms with Crippen LogP contribution in [0.25, 0.3) is 0 Å². The summed E-state index contributed by atoms with van der Waals surface area (Å²) in [6.45, 7) is 7.12. The minimum absolute atomic E-state index is 0.106. The van der Waals surface area contributed by atoms with E-state index in [0.717, 1.165) is 0 Å². The topological polar surface area (TPSA) is 225 Å². The third-order valence-corrected chi connectivity index (χ3v) is 5.44. The number of hydrogen-bond acceptors (Lipinski definition) is 7. The molecule has 0 aliphatic carbocycles. The lowest BCUT2D eigenvalue weighted by Crippen LogP contribution is -2.57. The highest BCUT2D eigenvalue weighted by Gasteiger charge is 2.31. The van der Waals surface area contributed by atoms with Gasteiger partial charge in [0.1, 0.15) is 18.1 Å². The number of carbonyl (C=O) groups is 6. The first-order valence-corrected chi connectivity index (χ1v) is 11.5. The molecule has 0 saturated carbocycles. The van der Waals surface area contributed by atoms with E-state index < -0.39 is 72.6 Å². The number of aliphatic carboxylic acids is 3. The van der Waals surface area contributed by atoms with Crippen LogP contribution in [-0.4, -0.2) is 75.1 Å². The Morgan fingerprint density at radius 2 is 1.14 bits per heavy atom. The van der Waals surface area contributed by atoms with E-state index in [1.54, 1.807) is 20.8 Å². The molecule has 0 aromatic carbocycles. The molecule has 0 spiro atoms. The van der Waals surface area contributed by atoms with Gasteiger partial charge in [0.05, 0.1) is 6.04 Å². The molecule has 0 aliphatic heterocycles. The summed E-state index contributed by atoms with van der Waals surface area (Å²) in [5.74, 6) is -6.48. The molecule has 5 unspecified atom stereocenters. The van der Waals surface area contributed by atoms with Gasteiger partial charge in [0, 0.05) is 12.8 Å². The Balaban J connectivity index is 5.61. The molecule has 13 heteroatoms. The quantitative estimate of drug-likeness (QED) is 0.137. The average Bonchev–Trinajstić information content (AvgIpc) is 2.76. The van der Waals surface area contributed by atoms with E-state index in [0.29, 0.717) is 6.42 Å². The van der Waals surface area contributed by atoms with Gasteiger partial charge in [-0.2, -0.15) is 0 Å². The predicted molar refractivity (Wildman–Crippen MR) is 124 cm³/mol. The molecule has 0 saturated heterocycles. The van der Waals surface area contributed by atoms with E-state index in [2.05, 4.69) is 16.0 Å². The summed E-state index contributed by atoms with van der Waals surface area (Å²) >= 11 is 0. The SMILES string of the molecule is CCC(C)C(N)C(=O)NC(CCC(=O)O)C(=O)NC(CC(C)C)C(=O)NC(CCC(=O)O)C(=O)O. The van der Waals surface area contributed by atoms with E-state index in [1.165, 1.54) is 0 Å². The van der Waals surface area contributed by atoms with Gasteiger partial charge >= 0.3 is 17.9 Å². The molecule has 3 amide bonds. The molecule has 8 N–H and O–H groups in total. The van der Waals surface area contributed by atoms with E-state index in [1.807, 2.05) is 6.92 Å². The summed E-state index contributed by atoms with van der Waals surface area (Å²) in [5.41, 5.74) is 5.90. The van der Waals surface area contributed by atoms with Crippen LogP contribution in [0.15, 0.2) is 0 Å². The molecule has 5 atom stereocenters. The molecule has 0 aromatic rings. The number of hydrogen-bond donors (Lipinski definition) is 7. The molecule has 0 fully saturated rings. The van der Waals surface area contributed by atoms with Gasteiger partial charge in [-0.25, -0.2) is 4.79 Å². The zero-order chi connectivity index (χ0) is 27.3. The van der Waals surface area contributed by atoms with Crippen LogP contribution in [0.1, 0.15) is 66.2 Å². The first-order chi connectivity index (χ1) is 16.2. The number of nitrogens with one attached hydrogen (secondary N) is 3. The molecule has 35 heavy (non-hydrogen) atoms. The highest BCUT2D eigenvalue weighted by atomic mass is 16.4. The molecule has 200 valence electrons. The first kappa shape index (κ1) is 31.8. The fourth-order valence-corrected chi connectivity index (χ4v) is 3.09. The lowest BCUT2D eigenvalue weighted by molar-refractivity contribution is -0.143. The Labute approximate surface area is 204 Å². The van der Waals surface area contributed by atoms with Crippen LogP contribution in [0.4, 0.5) is 0 Å². The van der Waals surface area contributed by atoms with Crippen LogP contribution < -0.4 is 21.7 Å². The number of rotatable bonds is 17. The van der Waals surface area contributed by atoms with Crippen molar-refractivity contribution in [3.05, 3.63) is 0 Å². The minimum atomic E-state index is -1.48. The Kier molecular flexibility index (Phi) is 14.2. The zero-order valence-electron chi connectivity index (χ0n) is 20.6. The van der Waals surface area contributed by atoms with Gasteiger partial charge in [-0.1, -0.05) is 34.1 Å². The van der Waals surface area contributed by atoms with E-state index in [9.17, 15) is 33.9 Å². The summed E-state index contributed by atoms with van der Waals surface area (Å²) in [5, 5.41) is 34.2. The normalized spacial score (nSPS) is 15.3. The monoisotopic (exact) mass is 502 g/mol. The lowest BCUT2D eigenvalue weighted by atomic mass is 9.98. The highest BCUT2D eigenvalue weighted by Crippen LogP contribution is 2.10. The van der Waals surface area contributed by atoms with Gasteiger partial charge < -0.3 is 37.0 Å². The molecule has 0 radical (unpaired) electrons. The van der Waals surface area contributed by atoms with Gasteiger partial charge in [-0.15, -0.1) is 0 Å². The summed E-state index contributed by atoms with van der Waals surface area (Å²) < 4.78 is 0. The van der Waals surface area contributed by atoms with Gasteiger partial charge in [-0.05, 0) is 31.1 Å². The molecule has 0 bridgehead atoms. The van der Waals surface area contributed by atoms with Crippen molar-refractivity contribution in [2.75, 3.05) is 0 Å². The second-order valence-electron chi connectivity index (χ2n) is 8.93. The molecular formula is C22H38N4O9. The van der Waals surface area contributed by atoms with Gasteiger partial charge in [0.25, 0.3) is 0 Å².